The van der Waals surface area contributed by atoms with Crippen molar-refractivity contribution in [2.24, 2.45) is 17.8 Å². The average Bonchev–Trinajstić information content (AvgIpc) is 3.11. The molecule has 5 unspecified atom stereocenters. The van der Waals surface area contributed by atoms with Gasteiger partial charge in [0.25, 0.3) is 0 Å². The normalized spacial score (nSPS) is 34.3. The number of aliphatic hydroxyl groups excluding tert-OH is 2. The van der Waals surface area contributed by atoms with Crippen LogP contribution in [0.3, 0.4) is 0 Å². The molecule has 2 saturated carbocycles. The van der Waals surface area contributed by atoms with Crippen LogP contribution in [0.5, 0.6) is 0 Å². The van der Waals surface area contributed by atoms with Crippen LogP contribution in [0.15, 0.2) is 18.2 Å². The van der Waals surface area contributed by atoms with Crippen LogP contribution in [-0.4, -0.2) is 35.3 Å². The van der Waals surface area contributed by atoms with Crippen LogP contribution in [0.25, 0.3) is 0 Å². The van der Waals surface area contributed by atoms with Gasteiger partial charge in [0, 0.05) is 18.3 Å². The molecule has 0 aromatic heterocycles. The van der Waals surface area contributed by atoms with Gasteiger partial charge in [-0.1, -0.05) is 35.6 Å². The lowest BCUT2D eigenvalue weighted by molar-refractivity contribution is -0.270. The first-order valence-electron chi connectivity index (χ1n) is 8.72. The van der Waals surface area contributed by atoms with Crippen LogP contribution >= 0.6 is 0 Å². The van der Waals surface area contributed by atoms with Crippen molar-refractivity contribution in [1.82, 2.24) is 0 Å². The topological polar surface area (TPSA) is 58.9 Å². The summed E-state index contributed by atoms with van der Waals surface area (Å²) in [6.07, 6.45) is 0.188. The number of ether oxygens (including phenoxy) is 2. The van der Waals surface area contributed by atoms with E-state index in [1.54, 1.807) is 0 Å². The summed E-state index contributed by atoms with van der Waals surface area (Å²) in [7, 11) is 0. The summed E-state index contributed by atoms with van der Waals surface area (Å²) in [6, 6.07) is 5.96. The third-order valence-corrected chi connectivity index (χ3v) is 5.86. The van der Waals surface area contributed by atoms with Gasteiger partial charge in [-0.3, -0.25) is 0 Å². The Kier molecular flexibility index (Phi) is 3.93. The van der Waals surface area contributed by atoms with E-state index in [0.717, 1.165) is 17.5 Å². The third kappa shape index (κ3) is 2.48. The van der Waals surface area contributed by atoms with E-state index in [1.165, 1.54) is 5.56 Å². The van der Waals surface area contributed by atoms with Crippen molar-refractivity contribution in [2.45, 2.75) is 44.7 Å². The fraction of sp³-hybridized carbons (Fsp3) is 0.600. The third-order valence-electron chi connectivity index (χ3n) is 5.86. The lowest BCUT2D eigenvalue weighted by atomic mass is 9.67. The van der Waals surface area contributed by atoms with Gasteiger partial charge >= 0.3 is 0 Å². The van der Waals surface area contributed by atoms with E-state index in [0.29, 0.717) is 25.6 Å². The van der Waals surface area contributed by atoms with E-state index in [4.69, 9.17) is 9.47 Å². The molecule has 24 heavy (non-hydrogen) atoms. The smallest absolute Gasteiger partial charge is 0.172 e. The van der Waals surface area contributed by atoms with Crippen molar-refractivity contribution < 1.29 is 19.7 Å². The number of aryl methyl sites for hydroxylation is 2. The Hall–Kier alpha value is -1.38. The second kappa shape index (κ2) is 5.86. The fourth-order valence-corrected chi connectivity index (χ4v) is 4.60. The Labute approximate surface area is 142 Å². The molecule has 128 valence electrons. The second-order valence-electron chi connectivity index (χ2n) is 7.36. The van der Waals surface area contributed by atoms with Gasteiger partial charge in [0.1, 0.15) is 6.10 Å². The molecule has 3 aliphatic rings. The minimum absolute atomic E-state index is 0.103. The second-order valence-corrected chi connectivity index (χ2v) is 7.36. The first-order valence-corrected chi connectivity index (χ1v) is 8.72. The molecule has 1 aromatic rings. The standard InChI is InChI=1S/C20H24O4/c1-12-3-4-14(13(2)9-12)18(21)6-5-15-16-11-20(23-7-8-24-20)17(16)10-19(15)22/h3-4,9,15-19,21-22H,7-8,10-11H2,1-2H3. The number of fused-ring (bicyclic) bond motifs is 2. The molecule has 1 aliphatic heterocycles. The van der Waals surface area contributed by atoms with E-state index < -0.39 is 18.0 Å². The van der Waals surface area contributed by atoms with Crippen molar-refractivity contribution in [1.29, 1.82) is 0 Å². The zero-order valence-corrected chi connectivity index (χ0v) is 14.2. The van der Waals surface area contributed by atoms with E-state index in [1.807, 2.05) is 32.0 Å². The molecule has 5 atom stereocenters. The fourth-order valence-electron chi connectivity index (χ4n) is 4.60. The quantitative estimate of drug-likeness (QED) is 0.775. The number of hydrogen-bond acceptors (Lipinski definition) is 4. The summed E-state index contributed by atoms with van der Waals surface area (Å²) in [5.41, 5.74) is 3.04. The first kappa shape index (κ1) is 16.1. The molecular weight excluding hydrogens is 304 g/mol. The predicted molar refractivity (Wildman–Crippen MR) is 89.0 cm³/mol. The van der Waals surface area contributed by atoms with Crippen LogP contribution in [0, 0.1) is 43.4 Å². The van der Waals surface area contributed by atoms with Crippen LogP contribution in [0.1, 0.15) is 35.6 Å². The molecule has 1 saturated heterocycles. The Bertz CT molecular complexity index is 695. The van der Waals surface area contributed by atoms with Crippen molar-refractivity contribution >= 4 is 0 Å². The molecule has 1 spiro atoms. The zero-order valence-electron chi connectivity index (χ0n) is 14.2. The Morgan fingerprint density at radius 2 is 2.00 bits per heavy atom. The SMILES string of the molecule is Cc1ccc(C(O)C#CC2C(O)CC3C2CC32OCCO2)c(C)c1. The predicted octanol–water partition coefficient (Wildman–Crippen LogP) is 2.10. The maximum absolute atomic E-state index is 10.4. The van der Waals surface area contributed by atoms with Gasteiger partial charge in [-0.15, -0.1) is 0 Å². The van der Waals surface area contributed by atoms with Crippen LogP contribution < -0.4 is 0 Å². The molecule has 2 aliphatic carbocycles. The lowest BCUT2D eigenvalue weighted by Gasteiger charge is -2.48. The van der Waals surface area contributed by atoms with Gasteiger partial charge in [0.2, 0.25) is 0 Å². The van der Waals surface area contributed by atoms with Gasteiger partial charge in [-0.05, 0) is 37.3 Å². The Morgan fingerprint density at radius 1 is 1.25 bits per heavy atom. The van der Waals surface area contributed by atoms with Crippen LogP contribution in [0.2, 0.25) is 0 Å². The van der Waals surface area contributed by atoms with Crippen molar-refractivity contribution in [2.75, 3.05) is 13.2 Å². The highest BCUT2D eigenvalue weighted by atomic mass is 16.7. The van der Waals surface area contributed by atoms with E-state index in [9.17, 15) is 10.2 Å². The maximum Gasteiger partial charge on any atom is 0.172 e. The first-order chi connectivity index (χ1) is 11.5. The van der Waals surface area contributed by atoms with Gasteiger partial charge in [0.15, 0.2) is 5.79 Å². The molecule has 1 aromatic carbocycles. The van der Waals surface area contributed by atoms with Gasteiger partial charge in [-0.25, -0.2) is 0 Å². The molecule has 4 rings (SSSR count). The van der Waals surface area contributed by atoms with E-state index in [-0.39, 0.29) is 11.8 Å². The number of rotatable bonds is 1. The molecule has 0 amide bonds. The Balaban J connectivity index is 1.49. The zero-order chi connectivity index (χ0) is 16.9. The summed E-state index contributed by atoms with van der Waals surface area (Å²) < 4.78 is 11.6. The lowest BCUT2D eigenvalue weighted by Crippen LogP contribution is -2.53. The highest BCUT2D eigenvalue weighted by Gasteiger charge is 2.64. The summed E-state index contributed by atoms with van der Waals surface area (Å²) in [6.45, 7) is 5.30. The maximum atomic E-state index is 10.4. The van der Waals surface area contributed by atoms with E-state index in [2.05, 4.69) is 11.8 Å². The summed E-state index contributed by atoms with van der Waals surface area (Å²) in [5.74, 6) is 6.07. The van der Waals surface area contributed by atoms with Crippen LogP contribution in [0.4, 0.5) is 0 Å². The molecule has 0 radical (unpaired) electrons. The molecule has 4 nitrogen and oxygen atoms in total. The van der Waals surface area contributed by atoms with Crippen molar-refractivity contribution in [3.8, 4) is 11.8 Å². The van der Waals surface area contributed by atoms with Gasteiger partial charge < -0.3 is 19.7 Å². The van der Waals surface area contributed by atoms with Crippen molar-refractivity contribution in [3.63, 3.8) is 0 Å². The summed E-state index contributed by atoms with van der Waals surface area (Å²) in [4.78, 5) is 0. The summed E-state index contributed by atoms with van der Waals surface area (Å²) in [5, 5.41) is 20.8. The van der Waals surface area contributed by atoms with Crippen LogP contribution in [-0.2, 0) is 9.47 Å². The highest BCUT2D eigenvalue weighted by molar-refractivity contribution is 5.36. The largest absolute Gasteiger partial charge is 0.392 e. The monoisotopic (exact) mass is 328 g/mol. The minimum Gasteiger partial charge on any atom is -0.392 e. The van der Waals surface area contributed by atoms with Crippen molar-refractivity contribution in [3.05, 3.63) is 34.9 Å². The molecule has 4 heteroatoms. The van der Waals surface area contributed by atoms with Gasteiger partial charge in [-0.2, -0.15) is 0 Å². The summed E-state index contributed by atoms with van der Waals surface area (Å²) >= 11 is 0. The van der Waals surface area contributed by atoms with E-state index >= 15 is 0 Å². The highest BCUT2D eigenvalue weighted by Crippen LogP contribution is 2.59. The molecule has 0 bridgehead atoms. The van der Waals surface area contributed by atoms with Gasteiger partial charge in [0.05, 0.1) is 19.3 Å². The Morgan fingerprint density at radius 3 is 2.71 bits per heavy atom. The number of aliphatic hydroxyl groups is 2. The number of hydrogen-bond donors (Lipinski definition) is 2. The minimum atomic E-state index is -0.815. The molecular formula is C20H24O4. The molecule has 2 N–H and O–H groups in total. The molecule has 3 fully saturated rings. The number of benzene rings is 1. The average molecular weight is 328 g/mol. The molecule has 1 heterocycles.